The molecule has 0 aliphatic rings. The quantitative estimate of drug-likeness (QED) is 0.154. The first-order chi connectivity index (χ1) is 18.0. The lowest BCUT2D eigenvalue weighted by molar-refractivity contribution is -0.143. The van der Waals surface area contributed by atoms with E-state index in [4.69, 9.17) is 13.3 Å². The number of carbonyl (C=O) groups is 2. The van der Waals surface area contributed by atoms with Gasteiger partial charge in [-0.1, -0.05) is 59.7 Å². The maximum absolute atomic E-state index is 14.0. The Kier molecular flexibility index (Phi) is 15.1. The molecule has 218 valence electrons. The molecule has 0 amide bonds. The molecule has 0 aromatic heterocycles. The van der Waals surface area contributed by atoms with E-state index in [0.29, 0.717) is 6.54 Å². The van der Waals surface area contributed by atoms with Gasteiger partial charge in [-0.3, -0.25) is 9.59 Å². The second-order valence-corrected chi connectivity index (χ2v) is 24.6. The zero-order valence-electron chi connectivity index (χ0n) is 25.7. The van der Waals surface area contributed by atoms with E-state index in [1.165, 1.54) is 0 Å². The summed E-state index contributed by atoms with van der Waals surface area (Å²) in [7, 11) is -6.15. The topological polar surface area (TPSA) is 65.1 Å². The lowest BCUT2D eigenvalue weighted by Gasteiger charge is -2.37. The first-order valence-corrected chi connectivity index (χ1v) is 23.1. The van der Waals surface area contributed by atoms with Crippen LogP contribution in [0, 0.1) is 0 Å². The normalized spacial score (nSPS) is 13.2. The maximum Gasteiger partial charge on any atom is 0.316 e. The van der Waals surface area contributed by atoms with Gasteiger partial charge in [0.1, 0.15) is 6.04 Å². The minimum Gasteiger partial charge on any atom is -0.519 e. The molecular formula is C29H55NO5Si3. The van der Waals surface area contributed by atoms with Crippen LogP contribution in [0.15, 0.2) is 30.3 Å². The molecule has 0 bridgehead atoms. The van der Waals surface area contributed by atoms with Crippen molar-refractivity contribution in [2.75, 3.05) is 18.1 Å². The Morgan fingerprint density at radius 2 is 1.29 bits per heavy atom. The van der Waals surface area contributed by atoms with Gasteiger partial charge in [-0.05, 0) is 80.9 Å². The van der Waals surface area contributed by atoms with Crippen LogP contribution in [0.4, 0.5) is 5.69 Å². The number of carbonyl (C=O) groups excluding carboxylic acids is 2. The third-order valence-corrected chi connectivity index (χ3v) is 20.0. The van der Waals surface area contributed by atoms with Gasteiger partial charge in [-0.25, -0.2) is 0 Å². The minimum absolute atomic E-state index is 0.0103. The van der Waals surface area contributed by atoms with E-state index in [1.807, 2.05) is 37.3 Å². The Balaban J connectivity index is 3.40. The fraction of sp³-hybridized carbons (Fsp3) is 0.724. The molecule has 1 aromatic rings. The Labute approximate surface area is 236 Å². The van der Waals surface area contributed by atoms with Gasteiger partial charge in [0.2, 0.25) is 0 Å². The van der Waals surface area contributed by atoms with Crippen LogP contribution < -0.4 is 4.90 Å². The van der Waals surface area contributed by atoms with E-state index >= 15 is 0 Å². The molecule has 1 rings (SSSR count). The molecule has 0 aliphatic carbocycles. The number of rotatable bonds is 19. The summed E-state index contributed by atoms with van der Waals surface area (Å²) in [6.45, 7) is 20.6. The molecule has 0 radical (unpaired) electrons. The van der Waals surface area contributed by atoms with E-state index in [0.717, 1.165) is 61.0 Å². The number of anilines is 1. The summed E-state index contributed by atoms with van der Waals surface area (Å²) >= 11 is 0. The largest absolute Gasteiger partial charge is 0.519 e. The second kappa shape index (κ2) is 16.6. The van der Waals surface area contributed by atoms with Crippen LogP contribution in [-0.2, 0) is 22.9 Å². The van der Waals surface area contributed by atoms with Crippen LogP contribution in [0.25, 0.3) is 0 Å². The lowest BCUT2D eigenvalue weighted by atomic mass is 10.1. The predicted octanol–water partition coefficient (Wildman–Crippen LogP) is 7.98. The Hall–Kier alpha value is -1.43. The van der Waals surface area contributed by atoms with Gasteiger partial charge in [0.05, 0.1) is 6.42 Å². The number of hydrogen-bond acceptors (Lipinski definition) is 6. The molecule has 1 unspecified atom stereocenters. The van der Waals surface area contributed by atoms with Gasteiger partial charge < -0.3 is 18.2 Å². The van der Waals surface area contributed by atoms with Crippen molar-refractivity contribution in [2.24, 2.45) is 0 Å². The van der Waals surface area contributed by atoms with E-state index in [1.54, 1.807) is 0 Å². The third-order valence-electron chi connectivity index (χ3n) is 8.32. The summed E-state index contributed by atoms with van der Waals surface area (Å²) in [5.41, 5.74) is 0.930. The van der Waals surface area contributed by atoms with Gasteiger partial charge in [-0.15, -0.1) is 0 Å². The summed E-state index contributed by atoms with van der Waals surface area (Å²) in [6, 6.07) is 15.5. The van der Waals surface area contributed by atoms with Crippen molar-refractivity contribution in [1.82, 2.24) is 0 Å². The lowest BCUT2D eigenvalue weighted by Crippen LogP contribution is -2.50. The number of para-hydroxylation sites is 1. The number of benzene rings is 1. The van der Waals surface area contributed by atoms with Crippen molar-refractivity contribution in [2.45, 2.75) is 123 Å². The molecule has 0 saturated heterocycles. The first-order valence-electron chi connectivity index (χ1n) is 14.9. The fourth-order valence-corrected chi connectivity index (χ4v) is 12.1. The molecule has 1 atom stereocenters. The molecule has 0 N–H and O–H groups in total. The Bertz CT molecular complexity index is 812. The summed E-state index contributed by atoms with van der Waals surface area (Å²) < 4.78 is 18.7. The van der Waals surface area contributed by atoms with Crippen LogP contribution in [0.2, 0.25) is 55.4 Å². The number of hydrogen-bond donors (Lipinski definition) is 0. The van der Waals surface area contributed by atoms with Gasteiger partial charge in [0, 0.05) is 18.8 Å². The standard InChI is InChI=1S/C29H55NO5Si3/c1-10-33-36(8,9)24-20-23-30(26-21-18-17-19-22-26)27(29(32)35-38(14-5,15-6)16-7)25-28(31)34-37(11-2,12-3)13-4/h17-19,21-22,27H,10-16,20,23-25H2,1-9H3. The zero-order valence-corrected chi connectivity index (χ0v) is 28.7. The van der Waals surface area contributed by atoms with Crippen LogP contribution in [0.3, 0.4) is 0 Å². The smallest absolute Gasteiger partial charge is 0.316 e. The van der Waals surface area contributed by atoms with Gasteiger partial charge in [-0.2, -0.15) is 0 Å². The Morgan fingerprint density at radius 1 is 0.789 bits per heavy atom. The van der Waals surface area contributed by atoms with E-state index < -0.39 is 31.0 Å². The molecule has 6 nitrogen and oxygen atoms in total. The first kappa shape index (κ1) is 34.6. The highest BCUT2D eigenvalue weighted by atomic mass is 28.4. The van der Waals surface area contributed by atoms with E-state index in [-0.39, 0.29) is 18.4 Å². The highest BCUT2D eigenvalue weighted by molar-refractivity contribution is 6.75. The van der Waals surface area contributed by atoms with Gasteiger partial charge in [0.15, 0.2) is 8.32 Å². The predicted molar refractivity (Wildman–Crippen MR) is 167 cm³/mol. The average molecular weight is 582 g/mol. The van der Waals surface area contributed by atoms with Crippen LogP contribution in [-0.4, -0.2) is 56.1 Å². The Morgan fingerprint density at radius 3 is 1.76 bits per heavy atom. The van der Waals surface area contributed by atoms with Gasteiger partial charge >= 0.3 is 5.97 Å². The van der Waals surface area contributed by atoms with Crippen LogP contribution >= 0.6 is 0 Å². The van der Waals surface area contributed by atoms with Gasteiger partial charge in [0.25, 0.3) is 22.6 Å². The van der Waals surface area contributed by atoms with Crippen molar-refractivity contribution < 1.29 is 22.9 Å². The summed E-state index contributed by atoms with van der Waals surface area (Å²) in [5.74, 6) is -0.549. The van der Waals surface area contributed by atoms with Crippen molar-refractivity contribution in [3.8, 4) is 0 Å². The van der Waals surface area contributed by atoms with Crippen molar-refractivity contribution >= 4 is 42.6 Å². The molecule has 0 fully saturated rings. The molecule has 38 heavy (non-hydrogen) atoms. The average Bonchev–Trinajstić information content (AvgIpc) is 2.92. The number of nitrogens with zero attached hydrogens (tertiary/aromatic N) is 1. The summed E-state index contributed by atoms with van der Waals surface area (Å²) in [6.07, 6.45) is 0.888. The van der Waals surface area contributed by atoms with Crippen molar-refractivity contribution in [1.29, 1.82) is 0 Å². The van der Waals surface area contributed by atoms with Crippen LogP contribution in [0.1, 0.15) is 61.3 Å². The monoisotopic (exact) mass is 581 g/mol. The highest BCUT2D eigenvalue weighted by Crippen LogP contribution is 2.28. The minimum atomic E-state index is -2.21. The highest BCUT2D eigenvalue weighted by Gasteiger charge is 2.40. The second-order valence-electron chi connectivity index (χ2n) is 10.9. The molecule has 1 aromatic carbocycles. The molecule has 0 heterocycles. The molecular weight excluding hydrogens is 527 g/mol. The maximum atomic E-state index is 14.0. The summed E-state index contributed by atoms with van der Waals surface area (Å²) in [5, 5.41) is 0. The van der Waals surface area contributed by atoms with Crippen LogP contribution in [0.5, 0.6) is 0 Å². The third kappa shape index (κ3) is 10.3. The molecule has 9 heteroatoms. The molecule has 0 aliphatic heterocycles. The summed E-state index contributed by atoms with van der Waals surface area (Å²) in [4.78, 5) is 29.5. The SMILES string of the molecule is CCO[Si](C)(C)CCCN(c1ccccc1)C(CC(=O)O[Si](CC)(CC)CC)C(=O)O[Si](CC)(CC)CC. The fourth-order valence-electron chi connectivity index (χ4n) is 5.20. The molecule has 0 saturated carbocycles. The van der Waals surface area contributed by atoms with E-state index in [2.05, 4.69) is 59.5 Å². The van der Waals surface area contributed by atoms with E-state index in [9.17, 15) is 9.59 Å². The van der Waals surface area contributed by atoms with Crippen molar-refractivity contribution in [3.63, 3.8) is 0 Å². The molecule has 0 spiro atoms. The van der Waals surface area contributed by atoms with Crippen molar-refractivity contribution in [3.05, 3.63) is 30.3 Å². The zero-order chi connectivity index (χ0) is 28.8.